The van der Waals surface area contributed by atoms with Crippen LogP contribution in [-0.2, 0) is 14.3 Å². The molecule has 0 heterocycles. The summed E-state index contributed by atoms with van der Waals surface area (Å²) in [6, 6.07) is 0. The Bertz CT molecular complexity index is 140. The first kappa shape index (κ1) is 8.88. The quantitative estimate of drug-likeness (QED) is 0.437. The average molecular weight is 142 g/mol. The Hall–Kier alpha value is -1.12. The zero-order valence-electron chi connectivity index (χ0n) is 6.09. The zero-order chi connectivity index (χ0) is 7.98. The Morgan fingerprint density at radius 2 is 2.00 bits per heavy atom. The van der Waals surface area contributed by atoms with Crippen LogP contribution in [0.2, 0.25) is 0 Å². The first-order valence-corrected chi connectivity index (χ1v) is 2.94. The van der Waals surface area contributed by atoms with Gasteiger partial charge in [-0.3, -0.25) is 9.59 Å². The minimum absolute atomic E-state index is 0.0448. The topological polar surface area (TPSA) is 43.4 Å². The van der Waals surface area contributed by atoms with Crippen LogP contribution in [0.4, 0.5) is 0 Å². The number of carbonyl (C=O) groups excluding carboxylic acids is 2. The highest BCUT2D eigenvalue weighted by molar-refractivity contribution is 5.77. The van der Waals surface area contributed by atoms with Crippen LogP contribution in [0.3, 0.4) is 0 Å². The fourth-order valence-corrected chi connectivity index (χ4v) is 0.358. The molecule has 3 heteroatoms. The van der Waals surface area contributed by atoms with Crippen LogP contribution in [-0.4, -0.2) is 11.8 Å². The van der Waals surface area contributed by atoms with Crippen molar-refractivity contribution in [2.45, 2.75) is 20.3 Å². The molecule has 3 nitrogen and oxygen atoms in total. The van der Waals surface area contributed by atoms with Gasteiger partial charge in [-0.05, 0) is 13.0 Å². The summed E-state index contributed by atoms with van der Waals surface area (Å²) in [6.45, 7) is 2.77. The zero-order valence-corrected chi connectivity index (χ0v) is 6.09. The highest BCUT2D eigenvalue weighted by Crippen LogP contribution is 1.85. The Kier molecular flexibility index (Phi) is 4.20. The highest BCUT2D eigenvalue weighted by atomic mass is 16.5. The molecular formula is C7H10O3. The second-order valence-electron chi connectivity index (χ2n) is 1.89. The van der Waals surface area contributed by atoms with Gasteiger partial charge in [0, 0.05) is 13.3 Å². The van der Waals surface area contributed by atoms with E-state index >= 15 is 0 Å². The predicted molar refractivity (Wildman–Crippen MR) is 36.2 cm³/mol. The van der Waals surface area contributed by atoms with Crippen LogP contribution < -0.4 is 0 Å². The van der Waals surface area contributed by atoms with E-state index in [1.165, 1.54) is 26.2 Å². The second-order valence-corrected chi connectivity index (χ2v) is 1.89. The van der Waals surface area contributed by atoms with E-state index in [1.807, 2.05) is 0 Å². The van der Waals surface area contributed by atoms with E-state index in [2.05, 4.69) is 4.74 Å². The lowest BCUT2D eigenvalue weighted by molar-refractivity contribution is -0.135. The molecule has 0 aliphatic heterocycles. The summed E-state index contributed by atoms with van der Waals surface area (Å²) >= 11 is 0. The van der Waals surface area contributed by atoms with E-state index in [0.717, 1.165) is 0 Å². The van der Waals surface area contributed by atoms with E-state index in [4.69, 9.17) is 0 Å². The molecule has 0 atom stereocenters. The van der Waals surface area contributed by atoms with Crippen molar-refractivity contribution in [1.82, 2.24) is 0 Å². The molecule has 0 N–H and O–H groups in total. The van der Waals surface area contributed by atoms with E-state index < -0.39 is 0 Å². The van der Waals surface area contributed by atoms with Crippen LogP contribution in [0.1, 0.15) is 20.3 Å². The summed E-state index contributed by atoms with van der Waals surface area (Å²) in [5.74, 6) is -0.330. The molecule has 0 aromatic rings. The minimum atomic E-state index is -0.375. The Morgan fingerprint density at radius 3 is 2.40 bits per heavy atom. The Balaban J connectivity index is 3.38. The normalized spacial score (nSPS) is 9.80. The van der Waals surface area contributed by atoms with Crippen molar-refractivity contribution < 1.29 is 14.3 Å². The summed E-state index contributed by atoms with van der Waals surface area (Å²) in [4.78, 5) is 20.4. The van der Waals surface area contributed by atoms with Crippen molar-refractivity contribution in [3.8, 4) is 0 Å². The van der Waals surface area contributed by atoms with Gasteiger partial charge in [0.15, 0.2) is 0 Å². The first-order chi connectivity index (χ1) is 4.63. The number of rotatable bonds is 3. The number of esters is 1. The van der Waals surface area contributed by atoms with Crippen molar-refractivity contribution in [3.05, 3.63) is 12.3 Å². The van der Waals surface area contributed by atoms with E-state index in [1.54, 1.807) is 0 Å². The third-order valence-corrected chi connectivity index (χ3v) is 0.736. The lowest BCUT2D eigenvalue weighted by Gasteiger charge is -1.88. The van der Waals surface area contributed by atoms with E-state index in [-0.39, 0.29) is 11.8 Å². The molecule has 56 valence electrons. The predicted octanol–water partition coefficient (Wildman–Crippen LogP) is 1.04. The minimum Gasteiger partial charge on any atom is -0.435 e. The molecule has 0 aromatic carbocycles. The van der Waals surface area contributed by atoms with Crippen LogP contribution in [0.25, 0.3) is 0 Å². The molecule has 0 unspecified atom stereocenters. The number of Topliss-reactive ketones (excluding diaryl/α,β-unsaturated/α-hetero) is 1. The molecule has 0 spiro atoms. The summed E-state index contributed by atoms with van der Waals surface area (Å²) in [5.41, 5.74) is 0. The van der Waals surface area contributed by atoms with Crippen molar-refractivity contribution >= 4 is 11.8 Å². The van der Waals surface area contributed by atoms with Gasteiger partial charge in [-0.15, -0.1) is 0 Å². The molecule has 0 aliphatic carbocycles. The summed E-state index contributed by atoms with van der Waals surface area (Å²) in [7, 11) is 0. The van der Waals surface area contributed by atoms with Gasteiger partial charge in [-0.1, -0.05) is 0 Å². The highest BCUT2D eigenvalue weighted by Gasteiger charge is 1.87. The molecular weight excluding hydrogens is 132 g/mol. The maximum Gasteiger partial charge on any atom is 0.307 e. The molecule has 0 saturated carbocycles. The maximum atomic E-state index is 10.3. The van der Waals surface area contributed by atoms with Gasteiger partial charge in [0.2, 0.25) is 0 Å². The molecule has 0 aliphatic rings. The fraction of sp³-hybridized carbons (Fsp3) is 0.429. The third-order valence-electron chi connectivity index (χ3n) is 0.736. The number of ketones is 1. The third kappa shape index (κ3) is 6.88. The van der Waals surface area contributed by atoms with Crippen molar-refractivity contribution in [1.29, 1.82) is 0 Å². The van der Waals surface area contributed by atoms with Crippen LogP contribution in [0, 0.1) is 0 Å². The van der Waals surface area contributed by atoms with Gasteiger partial charge in [-0.25, -0.2) is 0 Å². The number of carbonyl (C=O) groups is 2. The summed E-state index contributed by atoms with van der Waals surface area (Å²) in [6.07, 6.45) is 3.04. The molecule has 0 radical (unpaired) electrons. The smallest absolute Gasteiger partial charge is 0.307 e. The largest absolute Gasteiger partial charge is 0.435 e. The average Bonchev–Trinajstić information content (AvgIpc) is 1.79. The lowest BCUT2D eigenvalue weighted by atomic mass is 10.3. The number of ether oxygens (including phenoxy) is 1. The van der Waals surface area contributed by atoms with Gasteiger partial charge in [-0.2, -0.15) is 0 Å². The monoisotopic (exact) mass is 142 g/mol. The molecule has 0 saturated heterocycles. The molecule has 0 bridgehead atoms. The Labute approximate surface area is 59.7 Å². The fourth-order valence-electron chi connectivity index (χ4n) is 0.358. The van der Waals surface area contributed by atoms with Gasteiger partial charge >= 0.3 is 5.97 Å². The maximum absolute atomic E-state index is 10.3. The first-order valence-electron chi connectivity index (χ1n) is 2.94. The Morgan fingerprint density at radius 1 is 1.40 bits per heavy atom. The number of allylic oxidation sites excluding steroid dienone is 1. The van der Waals surface area contributed by atoms with E-state index in [9.17, 15) is 9.59 Å². The molecule has 0 amide bonds. The number of hydrogen-bond acceptors (Lipinski definition) is 3. The van der Waals surface area contributed by atoms with Gasteiger partial charge in [0.25, 0.3) is 0 Å². The summed E-state index contributed by atoms with van der Waals surface area (Å²) in [5, 5.41) is 0. The molecule has 0 aromatic heterocycles. The summed E-state index contributed by atoms with van der Waals surface area (Å²) < 4.78 is 4.42. The molecule has 0 rings (SSSR count). The van der Waals surface area contributed by atoms with Gasteiger partial charge in [0.1, 0.15) is 5.78 Å². The second kappa shape index (κ2) is 4.73. The molecule has 0 fully saturated rings. The van der Waals surface area contributed by atoms with Crippen LogP contribution in [0.5, 0.6) is 0 Å². The van der Waals surface area contributed by atoms with Gasteiger partial charge in [0.05, 0.1) is 6.26 Å². The van der Waals surface area contributed by atoms with E-state index in [0.29, 0.717) is 6.42 Å². The van der Waals surface area contributed by atoms with Gasteiger partial charge < -0.3 is 4.74 Å². The SMILES string of the molecule is CC(=O)C/C=C/OC(C)=O. The molecule has 10 heavy (non-hydrogen) atoms. The lowest BCUT2D eigenvalue weighted by Crippen LogP contribution is -1.90. The number of hydrogen-bond donors (Lipinski definition) is 0. The standard InChI is InChI=1S/C7H10O3/c1-6(8)4-3-5-10-7(2)9/h3,5H,4H2,1-2H3/b5-3+. The van der Waals surface area contributed by atoms with Crippen molar-refractivity contribution in [3.63, 3.8) is 0 Å². The van der Waals surface area contributed by atoms with Crippen molar-refractivity contribution in [2.75, 3.05) is 0 Å². The van der Waals surface area contributed by atoms with Crippen molar-refractivity contribution in [2.24, 2.45) is 0 Å². The van der Waals surface area contributed by atoms with Crippen LogP contribution >= 0.6 is 0 Å². The van der Waals surface area contributed by atoms with Crippen LogP contribution in [0.15, 0.2) is 12.3 Å².